The Labute approximate surface area is 101 Å². The van der Waals surface area contributed by atoms with Gasteiger partial charge in [0.25, 0.3) is 6.43 Å². The third-order valence-corrected chi connectivity index (χ3v) is 3.07. The highest BCUT2D eigenvalue weighted by molar-refractivity contribution is 14.1. The minimum absolute atomic E-state index is 0.232. The van der Waals surface area contributed by atoms with Gasteiger partial charge in [0.15, 0.2) is 0 Å². The zero-order valence-electron chi connectivity index (χ0n) is 7.65. The molecule has 1 rings (SSSR count). The Morgan fingerprint density at radius 3 is 2.31 bits per heavy atom. The van der Waals surface area contributed by atoms with Gasteiger partial charge in [-0.05, 0) is 28.2 Å². The molecule has 1 heterocycles. The second-order valence-electron chi connectivity index (χ2n) is 2.85. The average Bonchev–Trinajstić information content (AvgIpc) is 2.15. The van der Waals surface area contributed by atoms with Crippen LogP contribution in [0, 0.1) is 3.57 Å². The first kappa shape index (κ1) is 13.6. The molecule has 0 fully saturated rings. The summed E-state index contributed by atoms with van der Waals surface area (Å²) >= 11 is 1.40. The molecule has 0 aromatic carbocycles. The summed E-state index contributed by atoms with van der Waals surface area (Å²) in [4.78, 5) is 3.12. The molecule has 0 unspecified atom stereocenters. The maximum atomic E-state index is 12.5. The lowest BCUT2D eigenvalue weighted by Crippen LogP contribution is -2.16. The fourth-order valence-corrected chi connectivity index (χ4v) is 2.02. The molecule has 0 amide bonds. The number of aromatic nitrogens is 1. The van der Waals surface area contributed by atoms with E-state index in [9.17, 15) is 22.0 Å². The summed E-state index contributed by atoms with van der Waals surface area (Å²) in [6.45, 7) is -0.463. The monoisotopic (exact) mass is 352 g/mol. The highest BCUT2D eigenvalue weighted by Gasteiger charge is 2.35. The molecule has 0 aliphatic heterocycles. The van der Waals surface area contributed by atoms with Crippen molar-refractivity contribution in [2.45, 2.75) is 19.1 Å². The Balaban J connectivity index is 3.41. The summed E-state index contributed by atoms with van der Waals surface area (Å²) in [5, 5.41) is 0. The number of hydrogen-bond donors (Lipinski definition) is 1. The van der Waals surface area contributed by atoms with Crippen LogP contribution in [0.1, 0.15) is 23.2 Å². The van der Waals surface area contributed by atoms with Crippen molar-refractivity contribution in [2.75, 3.05) is 0 Å². The quantitative estimate of drug-likeness (QED) is 0.656. The number of pyridine rings is 1. The van der Waals surface area contributed by atoms with Crippen LogP contribution in [0.3, 0.4) is 0 Å². The van der Waals surface area contributed by atoms with E-state index in [1.807, 2.05) is 0 Å². The Hall–Kier alpha value is -0.510. The van der Waals surface area contributed by atoms with E-state index < -0.39 is 30.4 Å². The van der Waals surface area contributed by atoms with E-state index in [0.717, 1.165) is 0 Å². The van der Waals surface area contributed by atoms with Crippen LogP contribution in [0.25, 0.3) is 0 Å². The van der Waals surface area contributed by atoms with E-state index in [1.54, 1.807) is 0 Å². The largest absolute Gasteiger partial charge is 0.418 e. The van der Waals surface area contributed by atoms with Crippen molar-refractivity contribution >= 4 is 22.6 Å². The van der Waals surface area contributed by atoms with Gasteiger partial charge in [-0.25, -0.2) is 8.78 Å². The lowest BCUT2D eigenvalue weighted by molar-refractivity contribution is -0.138. The van der Waals surface area contributed by atoms with Gasteiger partial charge < -0.3 is 5.73 Å². The Kier molecular flexibility index (Phi) is 4.05. The Bertz CT molecular complexity index is 391. The normalized spacial score (nSPS) is 12.2. The average molecular weight is 352 g/mol. The molecule has 0 aliphatic carbocycles. The van der Waals surface area contributed by atoms with Gasteiger partial charge in [-0.3, -0.25) is 4.98 Å². The number of alkyl halides is 5. The standard InChI is InChI=1S/C8H6F5IN2/c9-7(10)6-5(14)3(1-15)4(2-16-6)8(11,12)13/h2,7H,1,15H2. The van der Waals surface area contributed by atoms with Crippen LogP contribution in [0.2, 0.25) is 0 Å². The molecule has 2 N–H and O–H groups in total. The topological polar surface area (TPSA) is 38.9 Å². The SMILES string of the molecule is NCc1c(C(F)(F)F)cnc(C(F)F)c1I. The minimum atomic E-state index is -4.64. The summed E-state index contributed by atoms with van der Waals surface area (Å²) in [6.07, 6.45) is -7.16. The van der Waals surface area contributed by atoms with E-state index in [1.165, 1.54) is 22.6 Å². The van der Waals surface area contributed by atoms with Crippen LogP contribution in [-0.2, 0) is 12.7 Å². The predicted octanol–water partition coefficient (Wildman–Crippen LogP) is 3.10. The minimum Gasteiger partial charge on any atom is -0.326 e. The Morgan fingerprint density at radius 2 is 1.94 bits per heavy atom. The van der Waals surface area contributed by atoms with Gasteiger partial charge in [-0.15, -0.1) is 0 Å². The van der Waals surface area contributed by atoms with E-state index in [-0.39, 0.29) is 9.13 Å². The van der Waals surface area contributed by atoms with Crippen molar-refractivity contribution in [3.8, 4) is 0 Å². The molecule has 0 aliphatic rings. The van der Waals surface area contributed by atoms with Crippen molar-refractivity contribution in [1.82, 2.24) is 4.98 Å². The first-order valence-corrected chi connectivity index (χ1v) is 5.09. The molecule has 2 nitrogen and oxygen atoms in total. The maximum Gasteiger partial charge on any atom is 0.418 e. The maximum absolute atomic E-state index is 12.5. The zero-order valence-corrected chi connectivity index (χ0v) is 9.81. The van der Waals surface area contributed by atoms with E-state index in [2.05, 4.69) is 4.98 Å². The predicted molar refractivity (Wildman–Crippen MR) is 54.8 cm³/mol. The number of nitrogens with zero attached hydrogens (tertiary/aromatic N) is 1. The summed E-state index contributed by atoms with van der Waals surface area (Å²) in [7, 11) is 0. The van der Waals surface area contributed by atoms with Gasteiger partial charge in [0.05, 0.1) is 5.56 Å². The smallest absolute Gasteiger partial charge is 0.326 e. The van der Waals surface area contributed by atoms with Crippen LogP contribution in [0.5, 0.6) is 0 Å². The molecular weight excluding hydrogens is 346 g/mol. The molecule has 0 bridgehead atoms. The van der Waals surface area contributed by atoms with Crippen molar-refractivity contribution in [3.05, 3.63) is 26.6 Å². The molecule has 0 radical (unpaired) electrons. The molecule has 0 saturated heterocycles. The van der Waals surface area contributed by atoms with Crippen LogP contribution < -0.4 is 5.73 Å². The summed E-state index contributed by atoms with van der Waals surface area (Å²) < 4.78 is 61.9. The van der Waals surface area contributed by atoms with Crippen molar-refractivity contribution < 1.29 is 22.0 Å². The molecule has 8 heteroatoms. The third kappa shape index (κ3) is 2.59. The number of nitrogens with two attached hydrogens (primary N) is 1. The zero-order chi connectivity index (χ0) is 12.5. The summed E-state index contributed by atoms with van der Waals surface area (Å²) in [5.41, 5.74) is 3.05. The van der Waals surface area contributed by atoms with Crippen molar-refractivity contribution in [1.29, 1.82) is 0 Å². The van der Waals surface area contributed by atoms with Gasteiger partial charge in [-0.1, -0.05) is 0 Å². The number of hydrogen-bond acceptors (Lipinski definition) is 2. The lowest BCUT2D eigenvalue weighted by Gasteiger charge is -2.14. The van der Waals surface area contributed by atoms with Gasteiger partial charge in [0.1, 0.15) is 5.69 Å². The molecular formula is C8H6F5IN2. The molecule has 0 spiro atoms. The lowest BCUT2D eigenvalue weighted by atomic mass is 10.1. The second kappa shape index (κ2) is 4.78. The summed E-state index contributed by atoms with van der Waals surface area (Å²) in [5.74, 6) is 0. The van der Waals surface area contributed by atoms with Gasteiger partial charge in [-0.2, -0.15) is 13.2 Å². The fraction of sp³-hybridized carbons (Fsp3) is 0.375. The second-order valence-corrected chi connectivity index (χ2v) is 3.93. The molecule has 16 heavy (non-hydrogen) atoms. The molecule has 90 valence electrons. The fourth-order valence-electron chi connectivity index (χ4n) is 1.14. The number of rotatable bonds is 2. The highest BCUT2D eigenvalue weighted by Crippen LogP contribution is 2.35. The molecule has 1 aromatic heterocycles. The van der Waals surface area contributed by atoms with Crippen molar-refractivity contribution in [3.63, 3.8) is 0 Å². The van der Waals surface area contributed by atoms with Crippen LogP contribution in [0.4, 0.5) is 22.0 Å². The van der Waals surface area contributed by atoms with Crippen LogP contribution >= 0.6 is 22.6 Å². The summed E-state index contributed by atoms with van der Waals surface area (Å²) in [6, 6.07) is 0. The van der Waals surface area contributed by atoms with E-state index >= 15 is 0 Å². The van der Waals surface area contributed by atoms with Crippen LogP contribution in [-0.4, -0.2) is 4.98 Å². The first-order chi connectivity index (χ1) is 7.29. The molecule has 1 aromatic rings. The Morgan fingerprint density at radius 1 is 1.38 bits per heavy atom. The van der Waals surface area contributed by atoms with Crippen molar-refractivity contribution in [2.24, 2.45) is 5.73 Å². The molecule has 0 saturated carbocycles. The van der Waals surface area contributed by atoms with E-state index in [0.29, 0.717) is 6.20 Å². The molecule has 0 atom stereocenters. The third-order valence-electron chi connectivity index (χ3n) is 1.86. The van der Waals surface area contributed by atoms with Gasteiger partial charge >= 0.3 is 6.18 Å². The first-order valence-electron chi connectivity index (χ1n) is 4.01. The highest BCUT2D eigenvalue weighted by atomic mass is 127. The van der Waals surface area contributed by atoms with Crippen LogP contribution in [0.15, 0.2) is 6.20 Å². The number of halogens is 6. The van der Waals surface area contributed by atoms with Gasteiger partial charge in [0.2, 0.25) is 0 Å². The van der Waals surface area contributed by atoms with Gasteiger partial charge in [0, 0.05) is 16.3 Å². The van der Waals surface area contributed by atoms with E-state index in [4.69, 9.17) is 5.73 Å².